The van der Waals surface area contributed by atoms with Crippen molar-refractivity contribution in [3.05, 3.63) is 46.3 Å². The molecule has 2 aromatic rings. The Kier molecular flexibility index (Phi) is 3.75. The summed E-state index contributed by atoms with van der Waals surface area (Å²) in [5, 5.41) is 7.76. The van der Waals surface area contributed by atoms with Gasteiger partial charge in [-0.05, 0) is 41.5 Å². The fourth-order valence-corrected chi connectivity index (χ4v) is 2.28. The molecule has 1 heterocycles. The molecule has 0 saturated heterocycles. The summed E-state index contributed by atoms with van der Waals surface area (Å²) < 4.78 is 1.70. The minimum Gasteiger partial charge on any atom is -0.296 e. The van der Waals surface area contributed by atoms with E-state index in [0.29, 0.717) is 18.5 Å². The monoisotopic (exact) mass is 271 g/mol. The van der Waals surface area contributed by atoms with Gasteiger partial charge in [0.25, 0.3) is 0 Å². The predicted molar refractivity (Wildman–Crippen MR) is 79.1 cm³/mol. The Hall–Kier alpha value is -1.97. The van der Waals surface area contributed by atoms with Crippen LogP contribution in [0.1, 0.15) is 53.5 Å². The van der Waals surface area contributed by atoms with Gasteiger partial charge >= 0.3 is 0 Å². The molecule has 0 fully saturated rings. The van der Waals surface area contributed by atoms with Crippen LogP contribution in [0.2, 0.25) is 0 Å². The Labute approximate surface area is 119 Å². The van der Waals surface area contributed by atoms with Crippen molar-refractivity contribution in [1.82, 2.24) is 15.0 Å². The number of nitrogens with zero attached hydrogens (tertiary/aromatic N) is 3. The van der Waals surface area contributed by atoms with Gasteiger partial charge < -0.3 is 0 Å². The zero-order valence-electron chi connectivity index (χ0n) is 12.8. The molecule has 20 heavy (non-hydrogen) atoms. The van der Waals surface area contributed by atoms with E-state index in [1.165, 1.54) is 22.3 Å². The molecule has 4 heteroatoms. The summed E-state index contributed by atoms with van der Waals surface area (Å²) in [4.78, 5) is 10.6. The third-order valence-electron chi connectivity index (χ3n) is 3.56. The van der Waals surface area contributed by atoms with Gasteiger partial charge in [-0.1, -0.05) is 38.1 Å². The zero-order valence-corrected chi connectivity index (χ0v) is 12.8. The summed E-state index contributed by atoms with van der Waals surface area (Å²) in [7, 11) is 0. The van der Waals surface area contributed by atoms with E-state index < -0.39 is 0 Å². The van der Waals surface area contributed by atoms with Gasteiger partial charge in [0.05, 0.1) is 12.7 Å². The summed E-state index contributed by atoms with van der Waals surface area (Å²) >= 11 is 0. The van der Waals surface area contributed by atoms with E-state index in [9.17, 15) is 4.79 Å². The first kappa shape index (κ1) is 14.4. The number of rotatable bonds is 3. The summed E-state index contributed by atoms with van der Waals surface area (Å²) in [5.74, 6) is 0. The van der Waals surface area contributed by atoms with Crippen LogP contribution in [0.3, 0.4) is 0 Å². The number of carbonyl (C=O) groups is 1. The molecular weight excluding hydrogens is 250 g/mol. The van der Waals surface area contributed by atoms with Crippen LogP contribution in [0.15, 0.2) is 18.3 Å². The van der Waals surface area contributed by atoms with Crippen molar-refractivity contribution in [3.8, 4) is 0 Å². The lowest BCUT2D eigenvalue weighted by Gasteiger charge is -2.22. The smallest absolute Gasteiger partial charge is 0.171 e. The van der Waals surface area contributed by atoms with E-state index in [1.54, 1.807) is 10.9 Å². The number of aldehydes is 1. The van der Waals surface area contributed by atoms with Crippen molar-refractivity contribution in [3.63, 3.8) is 0 Å². The fraction of sp³-hybridized carbons (Fsp3) is 0.438. The van der Waals surface area contributed by atoms with Crippen LogP contribution in [0.25, 0.3) is 0 Å². The lowest BCUT2D eigenvalue weighted by molar-refractivity contribution is 0.111. The van der Waals surface area contributed by atoms with Gasteiger partial charge in [0, 0.05) is 0 Å². The Morgan fingerprint density at radius 2 is 1.80 bits per heavy atom. The molecule has 1 aromatic heterocycles. The Morgan fingerprint density at radius 1 is 1.20 bits per heavy atom. The molecule has 2 rings (SSSR count). The van der Waals surface area contributed by atoms with Crippen molar-refractivity contribution in [1.29, 1.82) is 0 Å². The first-order chi connectivity index (χ1) is 9.31. The second-order valence-electron chi connectivity index (χ2n) is 6.30. The molecule has 106 valence electrons. The molecule has 0 spiro atoms. The molecular formula is C16H21N3O. The van der Waals surface area contributed by atoms with Crippen molar-refractivity contribution in [2.24, 2.45) is 0 Å². The Morgan fingerprint density at radius 3 is 2.25 bits per heavy atom. The van der Waals surface area contributed by atoms with Crippen molar-refractivity contribution in [2.45, 2.75) is 46.6 Å². The quantitative estimate of drug-likeness (QED) is 0.806. The number of aromatic nitrogens is 3. The van der Waals surface area contributed by atoms with Crippen LogP contribution in [0.5, 0.6) is 0 Å². The molecule has 0 radical (unpaired) electrons. The molecule has 0 amide bonds. The van der Waals surface area contributed by atoms with Gasteiger partial charge in [-0.2, -0.15) is 0 Å². The Bertz CT molecular complexity index is 612. The minimum absolute atomic E-state index is 0.145. The molecule has 0 N–H and O–H groups in total. The van der Waals surface area contributed by atoms with Gasteiger partial charge in [-0.25, -0.2) is 4.68 Å². The Balaban J connectivity index is 2.35. The summed E-state index contributed by atoms with van der Waals surface area (Å²) in [5.41, 5.74) is 5.58. The van der Waals surface area contributed by atoms with Gasteiger partial charge in [-0.15, -0.1) is 5.10 Å². The number of hydrogen-bond acceptors (Lipinski definition) is 3. The van der Waals surface area contributed by atoms with E-state index in [2.05, 4.69) is 57.1 Å². The van der Waals surface area contributed by atoms with E-state index in [4.69, 9.17) is 0 Å². The van der Waals surface area contributed by atoms with Gasteiger partial charge in [0.2, 0.25) is 0 Å². The maximum atomic E-state index is 10.6. The lowest BCUT2D eigenvalue weighted by atomic mass is 9.84. The second kappa shape index (κ2) is 5.19. The average Bonchev–Trinajstić information content (AvgIpc) is 2.80. The van der Waals surface area contributed by atoms with Crippen molar-refractivity contribution < 1.29 is 4.79 Å². The average molecular weight is 271 g/mol. The summed E-state index contributed by atoms with van der Waals surface area (Å²) in [6, 6.07) is 4.47. The highest BCUT2D eigenvalue weighted by molar-refractivity contribution is 5.70. The number of aryl methyl sites for hydroxylation is 2. The lowest BCUT2D eigenvalue weighted by Crippen LogP contribution is -2.13. The van der Waals surface area contributed by atoms with E-state index in [-0.39, 0.29) is 5.41 Å². The highest BCUT2D eigenvalue weighted by Crippen LogP contribution is 2.27. The van der Waals surface area contributed by atoms with E-state index in [1.807, 2.05) is 0 Å². The third-order valence-corrected chi connectivity index (χ3v) is 3.56. The molecule has 0 aliphatic carbocycles. The molecule has 0 atom stereocenters. The number of carbonyl (C=O) groups excluding carboxylic acids is 1. The standard InChI is InChI=1S/C16H21N3O/c1-11-6-13(16(3,4)5)7-12(2)15(11)9-19-8-14(10-20)17-18-19/h6-8,10H,9H2,1-5H3. The largest absolute Gasteiger partial charge is 0.296 e. The highest BCUT2D eigenvalue weighted by Gasteiger charge is 2.16. The normalized spacial score (nSPS) is 11.7. The molecule has 4 nitrogen and oxygen atoms in total. The second-order valence-corrected chi connectivity index (χ2v) is 6.30. The maximum absolute atomic E-state index is 10.6. The number of benzene rings is 1. The first-order valence-electron chi connectivity index (χ1n) is 6.77. The summed E-state index contributed by atoms with van der Waals surface area (Å²) in [6.45, 7) is 11.5. The predicted octanol–water partition coefficient (Wildman–Crippen LogP) is 3.05. The van der Waals surface area contributed by atoms with Crippen molar-refractivity contribution in [2.75, 3.05) is 0 Å². The summed E-state index contributed by atoms with van der Waals surface area (Å²) in [6.07, 6.45) is 2.38. The van der Waals surface area contributed by atoms with Crippen LogP contribution in [0, 0.1) is 13.8 Å². The van der Waals surface area contributed by atoms with Crippen LogP contribution < -0.4 is 0 Å². The zero-order chi connectivity index (χ0) is 14.9. The molecule has 0 aliphatic heterocycles. The number of hydrogen-bond donors (Lipinski definition) is 0. The van der Waals surface area contributed by atoms with Crippen LogP contribution in [-0.2, 0) is 12.0 Å². The minimum atomic E-state index is 0.145. The van der Waals surface area contributed by atoms with Crippen LogP contribution in [-0.4, -0.2) is 21.3 Å². The maximum Gasteiger partial charge on any atom is 0.171 e. The fourth-order valence-electron chi connectivity index (χ4n) is 2.28. The van der Waals surface area contributed by atoms with Crippen LogP contribution in [0.4, 0.5) is 0 Å². The van der Waals surface area contributed by atoms with Crippen LogP contribution >= 0.6 is 0 Å². The first-order valence-corrected chi connectivity index (χ1v) is 6.77. The van der Waals surface area contributed by atoms with Crippen molar-refractivity contribution >= 4 is 6.29 Å². The van der Waals surface area contributed by atoms with Gasteiger partial charge in [0.1, 0.15) is 5.69 Å². The third kappa shape index (κ3) is 2.95. The molecule has 1 aromatic carbocycles. The molecule has 0 saturated carbocycles. The molecule has 0 unspecified atom stereocenters. The molecule has 0 aliphatic rings. The highest BCUT2D eigenvalue weighted by atomic mass is 16.1. The molecule has 0 bridgehead atoms. The van der Waals surface area contributed by atoms with E-state index >= 15 is 0 Å². The topological polar surface area (TPSA) is 47.8 Å². The van der Waals surface area contributed by atoms with E-state index in [0.717, 1.165) is 0 Å². The van der Waals surface area contributed by atoms with Gasteiger partial charge in [-0.3, -0.25) is 4.79 Å². The van der Waals surface area contributed by atoms with Gasteiger partial charge in [0.15, 0.2) is 6.29 Å². The SMILES string of the molecule is Cc1cc(C(C)(C)C)cc(C)c1Cn1cc(C=O)nn1.